The number of hydrogen-bond acceptors (Lipinski definition) is 4. The molecule has 0 aliphatic heterocycles. The third-order valence-corrected chi connectivity index (χ3v) is 6.88. The van der Waals surface area contributed by atoms with Gasteiger partial charge in [-0.15, -0.1) is 0 Å². The number of Topliss-reactive ketones (excluding diaryl/α,β-unsaturated/α-hetero) is 1. The second-order valence-electron chi connectivity index (χ2n) is 8.76. The minimum atomic E-state index is -0.727. The van der Waals surface area contributed by atoms with Gasteiger partial charge in [-0.05, 0) is 36.6 Å². The number of carbonyl (C=O) groups excluding carboxylic acids is 1. The second kappa shape index (κ2) is 7.66. The lowest BCUT2D eigenvalue weighted by Crippen LogP contribution is -2.39. The SMILES string of the molecule is [C-]#[N+]C1=C[C@@]2(C)c3nc(-c4ccnc(CF)c4)nc(-c4ccccc4F)c3C[C@@H]2[C@@H](C)C1=O. The zero-order valence-corrected chi connectivity index (χ0v) is 18.1. The Morgan fingerprint density at radius 2 is 2.03 bits per heavy atom. The van der Waals surface area contributed by atoms with Gasteiger partial charge in [0, 0.05) is 34.2 Å². The number of halogens is 2. The molecule has 0 amide bonds. The van der Waals surface area contributed by atoms with E-state index >= 15 is 0 Å². The van der Waals surface area contributed by atoms with Gasteiger partial charge in [-0.3, -0.25) is 4.98 Å². The molecular formula is C26H20F2N4O. The van der Waals surface area contributed by atoms with Crippen molar-refractivity contribution in [2.75, 3.05) is 0 Å². The van der Waals surface area contributed by atoms with Crippen LogP contribution >= 0.6 is 0 Å². The molecule has 0 N–H and O–H groups in total. The van der Waals surface area contributed by atoms with Crippen LogP contribution in [-0.4, -0.2) is 20.7 Å². The number of rotatable bonds is 3. The van der Waals surface area contributed by atoms with Crippen LogP contribution in [0, 0.1) is 24.2 Å². The second-order valence-corrected chi connectivity index (χ2v) is 8.76. The van der Waals surface area contributed by atoms with Crippen LogP contribution in [0.15, 0.2) is 54.4 Å². The fourth-order valence-corrected chi connectivity index (χ4v) is 5.16. The zero-order valence-electron chi connectivity index (χ0n) is 18.1. The van der Waals surface area contributed by atoms with Crippen molar-refractivity contribution in [1.82, 2.24) is 15.0 Å². The Hall–Kier alpha value is -3.79. The summed E-state index contributed by atoms with van der Waals surface area (Å²) < 4.78 is 28.2. The van der Waals surface area contributed by atoms with Crippen LogP contribution in [0.25, 0.3) is 27.5 Å². The quantitative estimate of drug-likeness (QED) is 0.519. The summed E-state index contributed by atoms with van der Waals surface area (Å²) in [5.41, 5.74) is 2.49. The van der Waals surface area contributed by atoms with Gasteiger partial charge >= 0.3 is 0 Å². The number of benzene rings is 1. The van der Waals surface area contributed by atoms with Crippen molar-refractivity contribution < 1.29 is 13.6 Å². The number of nitrogens with zero attached hydrogens (tertiary/aromatic N) is 4. The highest BCUT2D eigenvalue weighted by Gasteiger charge is 2.52. The van der Waals surface area contributed by atoms with Gasteiger partial charge in [0.25, 0.3) is 0 Å². The maximum atomic E-state index is 14.9. The molecule has 33 heavy (non-hydrogen) atoms. The third kappa shape index (κ3) is 3.17. The van der Waals surface area contributed by atoms with Crippen molar-refractivity contribution in [3.63, 3.8) is 0 Å². The maximum absolute atomic E-state index is 14.9. The fraction of sp³-hybridized carbons (Fsp3) is 0.269. The Morgan fingerprint density at radius 1 is 1.24 bits per heavy atom. The van der Waals surface area contributed by atoms with Gasteiger partial charge in [0.2, 0.25) is 5.70 Å². The van der Waals surface area contributed by atoms with E-state index in [4.69, 9.17) is 16.5 Å². The lowest BCUT2D eigenvalue weighted by molar-refractivity contribution is -0.121. The van der Waals surface area contributed by atoms with Gasteiger partial charge in [0.1, 0.15) is 12.5 Å². The van der Waals surface area contributed by atoms with E-state index in [2.05, 4.69) is 9.83 Å². The average Bonchev–Trinajstić information content (AvgIpc) is 3.14. The number of ketones is 1. The van der Waals surface area contributed by atoms with Crippen LogP contribution in [-0.2, 0) is 23.3 Å². The molecule has 3 atom stereocenters. The highest BCUT2D eigenvalue weighted by molar-refractivity contribution is 6.00. The minimum Gasteiger partial charge on any atom is -0.308 e. The van der Waals surface area contributed by atoms with Crippen molar-refractivity contribution in [2.24, 2.45) is 11.8 Å². The summed E-state index contributed by atoms with van der Waals surface area (Å²) in [4.78, 5) is 29.8. The summed E-state index contributed by atoms with van der Waals surface area (Å²) in [6, 6.07) is 9.67. The first kappa shape index (κ1) is 21.1. The monoisotopic (exact) mass is 442 g/mol. The standard InChI is InChI=1S/C26H20F2N4O/c1-14-19-11-18-22(17-6-4-5-7-20(17)28)31-25(15-8-9-30-16(10-15)13-27)32-24(18)26(19,2)12-21(29-3)23(14)33/h4-10,12,14,19H,11,13H2,1-2H3/t14-,19-,26-/m1/s1. The summed E-state index contributed by atoms with van der Waals surface area (Å²) in [5.74, 6) is -0.769. The minimum absolute atomic E-state index is 0.102. The van der Waals surface area contributed by atoms with Crippen LogP contribution in [0.5, 0.6) is 0 Å². The van der Waals surface area contributed by atoms with Gasteiger partial charge in [0.05, 0.1) is 23.7 Å². The Morgan fingerprint density at radius 3 is 2.76 bits per heavy atom. The van der Waals surface area contributed by atoms with Crippen molar-refractivity contribution in [3.05, 3.63) is 88.6 Å². The predicted octanol–water partition coefficient (Wildman–Crippen LogP) is 5.27. The van der Waals surface area contributed by atoms with E-state index in [9.17, 15) is 13.6 Å². The molecule has 2 aliphatic rings. The Bertz CT molecular complexity index is 1380. The Balaban J connectivity index is 1.81. The molecule has 5 nitrogen and oxygen atoms in total. The highest BCUT2D eigenvalue weighted by Crippen LogP contribution is 2.52. The number of carbonyl (C=O) groups is 1. The van der Waals surface area contributed by atoms with Crippen LogP contribution in [0.1, 0.15) is 30.8 Å². The normalized spacial score (nSPS) is 23.5. The largest absolute Gasteiger partial charge is 0.308 e. The maximum Gasteiger partial charge on any atom is 0.226 e. The van der Waals surface area contributed by atoms with E-state index in [1.807, 2.05) is 13.8 Å². The topological polar surface area (TPSA) is 60.1 Å². The van der Waals surface area contributed by atoms with Gasteiger partial charge < -0.3 is 4.79 Å². The molecule has 1 aromatic carbocycles. The van der Waals surface area contributed by atoms with Crippen LogP contribution in [0.3, 0.4) is 0 Å². The lowest BCUT2D eigenvalue weighted by Gasteiger charge is -2.36. The number of alkyl halides is 1. The smallest absolute Gasteiger partial charge is 0.226 e. The number of aromatic nitrogens is 3. The van der Waals surface area contributed by atoms with Gasteiger partial charge in [0.15, 0.2) is 11.6 Å². The van der Waals surface area contributed by atoms with Crippen molar-refractivity contribution >= 4 is 5.78 Å². The molecule has 2 aliphatic carbocycles. The van der Waals surface area contributed by atoms with Gasteiger partial charge in [-0.25, -0.2) is 23.6 Å². The molecule has 3 aromatic rings. The van der Waals surface area contributed by atoms with Gasteiger partial charge in [-0.2, -0.15) is 0 Å². The molecule has 7 heteroatoms. The first-order valence-corrected chi connectivity index (χ1v) is 10.7. The molecule has 2 aromatic heterocycles. The highest BCUT2D eigenvalue weighted by atomic mass is 19.1. The summed E-state index contributed by atoms with van der Waals surface area (Å²) in [6.45, 7) is 10.6. The predicted molar refractivity (Wildman–Crippen MR) is 119 cm³/mol. The molecule has 164 valence electrons. The van der Waals surface area contributed by atoms with E-state index < -0.39 is 17.9 Å². The van der Waals surface area contributed by atoms with Crippen molar-refractivity contribution in [1.29, 1.82) is 0 Å². The van der Waals surface area contributed by atoms with Crippen LogP contribution in [0.2, 0.25) is 0 Å². The summed E-state index contributed by atoms with van der Waals surface area (Å²) in [5, 5.41) is 0. The first-order valence-electron chi connectivity index (χ1n) is 10.7. The lowest BCUT2D eigenvalue weighted by atomic mass is 9.67. The molecule has 0 unspecified atom stereocenters. The van der Waals surface area contributed by atoms with E-state index in [0.29, 0.717) is 34.8 Å². The Kier molecular flexibility index (Phi) is 4.89. The molecule has 2 heterocycles. The van der Waals surface area contributed by atoms with Crippen LogP contribution in [0.4, 0.5) is 8.78 Å². The van der Waals surface area contributed by atoms with Crippen LogP contribution < -0.4 is 0 Å². The molecule has 0 saturated carbocycles. The number of allylic oxidation sites excluding steroid dienone is 2. The van der Waals surface area contributed by atoms with E-state index in [-0.39, 0.29) is 29.0 Å². The average molecular weight is 442 g/mol. The fourth-order valence-electron chi connectivity index (χ4n) is 5.16. The van der Waals surface area contributed by atoms with E-state index in [1.165, 1.54) is 12.3 Å². The number of fused-ring (bicyclic) bond motifs is 3. The number of pyridine rings is 1. The van der Waals surface area contributed by atoms with Crippen molar-refractivity contribution in [3.8, 4) is 22.6 Å². The molecule has 5 rings (SSSR count). The molecule has 0 radical (unpaired) electrons. The van der Waals surface area contributed by atoms with E-state index in [0.717, 1.165) is 5.56 Å². The molecule has 0 saturated heterocycles. The first-order chi connectivity index (χ1) is 15.9. The molecule has 0 fully saturated rings. The van der Waals surface area contributed by atoms with Gasteiger partial charge in [-0.1, -0.05) is 32.1 Å². The molecular weight excluding hydrogens is 422 g/mol. The summed E-state index contributed by atoms with van der Waals surface area (Å²) in [6.07, 6.45) is 3.70. The zero-order chi connectivity index (χ0) is 23.3. The summed E-state index contributed by atoms with van der Waals surface area (Å²) >= 11 is 0. The third-order valence-electron chi connectivity index (χ3n) is 6.88. The van der Waals surface area contributed by atoms with E-state index in [1.54, 1.807) is 36.4 Å². The molecule has 0 spiro atoms. The Labute approximate surface area is 190 Å². The molecule has 0 bridgehead atoms. The number of hydrogen-bond donors (Lipinski definition) is 0. The van der Waals surface area contributed by atoms with Crippen molar-refractivity contribution in [2.45, 2.75) is 32.4 Å². The summed E-state index contributed by atoms with van der Waals surface area (Å²) in [7, 11) is 0.